The first-order valence-corrected chi connectivity index (χ1v) is 7.84. The molecule has 1 aliphatic rings. The summed E-state index contributed by atoms with van der Waals surface area (Å²) in [6.07, 6.45) is 1.81. The molecule has 7 heteroatoms. The molecular formula is C17H11ClFN5. The molecule has 2 aromatic heterocycles. The van der Waals surface area contributed by atoms with E-state index in [2.05, 4.69) is 20.6 Å². The number of halogens is 2. The molecule has 24 heavy (non-hydrogen) atoms. The van der Waals surface area contributed by atoms with E-state index >= 15 is 0 Å². The number of hydrogen-bond donors (Lipinski definition) is 2. The van der Waals surface area contributed by atoms with Crippen molar-refractivity contribution in [3.63, 3.8) is 0 Å². The lowest BCUT2D eigenvalue weighted by molar-refractivity contribution is 0.629. The number of fused-ring (bicyclic) bond motifs is 2. The molecule has 2 aromatic carbocycles. The number of hydrogen-bond acceptors (Lipinski definition) is 3. The lowest BCUT2D eigenvalue weighted by Crippen LogP contribution is -2.07. The number of benzene rings is 2. The number of para-hydroxylation sites is 1. The summed E-state index contributed by atoms with van der Waals surface area (Å²) >= 11 is 6.25. The summed E-state index contributed by atoms with van der Waals surface area (Å²) in [5, 5.41) is 16.3. The van der Waals surface area contributed by atoms with E-state index in [4.69, 9.17) is 11.6 Å². The van der Waals surface area contributed by atoms with Crippen molar-refractivity contribution in [3.05, 3.63) is 53.4 Å². The van der Waals surface area contributed by atoms with Crippen LogP contribution in [-0.4, -0.2) is 20.0 Å². The molecule has 0 saturated carbocycles. The Morgan fingerprint density at radius 3 is 2.88 bits per heavy atom. The molecule has 0 bridgehead atoms. The molecule has 0 radical (unpaired) electrons. The van der Waals surface area contributed by atoms with Crippen LogP contribution in [0.1, 0.15) is 0 Å². The SMILES string of the molecule is Fc1cccc(Cl)c1-c1nn2c3c(cccc13)-c1n[nH]cc1NC2. The summed E-state index contributed by atoms with van der Waals surface area (Å²) in [6.45, 7) is 0.464. The van der Waals surface area contributed by atoms with Crippen LogP contribution in [0, 0.1) is 5.82 Å². The second kappa shape index (κ2) is 4.82. The van der Waals surface area contributed by atoms with Crippen molar-refractivity contribution in [1.29, 1.82) is 0 Å². The number of anilines is 1. The zero-order valence-corrected chi connectivity index (χ0v) is 13.1. The lowest BCUT2D eigenvalue weighted by atomic mass is 10.0. The first kappa shape index (κ1) is 13.6. The topological polar surface area (TPSA) is 58.5 Å². The highest BCUT2D eigenvalue weighted by atomic mass is 35.5. The molecule has 118 valence electrons. The molecule has 0 saturated heterocycles. The van der Waals surface area contributed by atoms with Gasteiger partial charge in [0.2, 0.25) is 0 Å². The van der Waals surface area contributed by atoms with Gasteiger partial charge >= 0.3 is 0 Å². The monoisotopic (exact) mass is 339 g/mol. The summed E-state index contributed by atoms with van der Waals surface area (Å²) in [5.74, 6) is -0.384. The van der Waals surface area contributed by atoms with Crippen molar-refractivity contribution in [2.24, 2.45) is 0 Å². The van der Waals surface area contributed by atoms with E-state index in [1.807, 2.05) is 29.1 Å². The minimum atomic E-state index is -0.384. The van der Waals surface area contributed by atoms with Crippen LogP contribution in [0.5, 0.6) is 0 Å². The fourth-order valence-corrected chi connectivity index (χ4v) is 3.49. The molecule has 3 heterocycles. The summed E-state index contributed by atoms with van der Waals surface area (Å²) in [4.78, 5) is 0. The standard InChI is InChI=1S/C17H11ClFN5/c18-11-5-2-6-12(19)14(11)16-10-4-1-3-9-15-13(7-21-22-15)20-8-24(23-16)17(9)10/h1-7,20H,8H2,(H,21,22). The smallest absolute Gasteiger partial charge is 0.134 e. The molecule has 2 N–H and O–H groups in total. The van der Waals surface area contributed by atoms with Gasteiger partial charge in [-0.05, 0) is 12.1 Å². The minimum Gasteiger partial charge on any atom is -0.363 e. The van der Waals surface area contributed by atoms with E-state index in [-0.39, 0.29) is 5.82 Å². The molecule has 1 aliphatic heterocycles. The van der Waals surface area contributed by atoms with Gasteiger partial charge in [-0.1, -0.05) is 35.9 Å². The molecule has 0 fully saturated rings. The second-order valence-electron chi connectivity index (χ2n) is 5.63. The third kappa shape index (κ3) is 1.74. The fraction of sp³-hybridized carbons (Fsp3) is 0.0588. The van der Waals surface area contributed by atoms with Gasteiger partial charge < -0.3 is 5.32 Å². The summed E-state index contributed by atoms with van der Waals surface area (Å²) < 4.78 is 16.2. The Morgan fingerprint density at radius 1 is 1.12 bits per heavy atom. The van der Waals surface area contributed by atoms with Crippen molar-refractivity contribution in [2.45, 2.75) is 6.67 Å². The van der Waals surface area contributed by atoms with E-state index in [1.165, 1.54) is 6.07 Å². The number of H-pyrrole nitrogens is 1. The molecular weight excluding hydrogens is 329 g/mol. The number of aromatic nitrogens is 4. The number of nitrogens with zero attached hydrogens (tertiary/aromatic N) is 3. The Balaban J connectivity index is 1.89. The molecule has 0 aliphatic carbocycles. The maximum Gasteiger partial charge on any atom is 0.134 e. The van der Waals surface area contributed by atoms with Crippen LogP contribution in [0.2, 0.25) is 5.02 Å². The van der Waals surface area contributed by atoms with E-state index in [9.17, 15) is 4.39 Å². The minimum absolute atomic E-state index is 0.322. The maximum atomic E-state index is 14.4. The van der Waals surface area contributed by atoms with Gasteiger partial charge in [0.25, 0.3) is 0 Å². The molecule has 4 aromatic rings. The largest absolute Gasteiger partial charge is 0.363 e. The van der Waals surface area contributed by atoms with Crippen LogP contribution >= 0.6 is 11.6 Å². The third-order valence-electron chi connectivity index (χ3n) is 4.28. The van der Waals surface area contributed by atoms with E-state index in [0.717, 1.165) is 27.8 Å². The predicted molar refractivity (Wildman–Crippen MR) is 91.3 cm³/mol. The average molecular weight is 340 g/mol. The summed E-state index contributed by atoms with van der Waals surface area (Å²) in [7, 11) is 0. The number of rotatable bonds is 1. The van der Waals surface area contributed by atoms with Gasteiger partial charge in [0.1, 0.15) is 23.9 Å². The van der Waals surface area contributed by atoms with Crippen LogP contribution in [-0.2, 0) is 6.67 Å². The van der Waals surface area contributed by atoms with Crippen LogP contribution in [0.4, 0.5) is 10.1 Å². The van der Waals surface area contributed by atoms with Gasteiger partial charge in [0, 0.05) is 17.1 Å². The van der Waals surface area contributed by atoms with Crippen LogP contribution in [0.15, 0.2) is 42.6 Å². The fourth-order valence-electron chi connectivity index (χ4n) is 3.24. The Labute approximate surface area is 141 Å². The average Bonchev–Trinajstić information content (AvgIpc) is 3.14. The van der Waals surface area contributed by atoms with Crippen molar-refractivity contribution in [2.75, 3.05) is 5.32 Å². The quantitative estimate of drug-likeness (QED) is 0.544. The highest BCUT2D eigenvalue weighted by Gasteiger charge is 2.24. The first-order chi connectivity index (χ1) is 11.7. The number of nitrogens with one attached hydrogen (secondary N) is 2. The molecule has 5 nitrogen and oxygen atoms in total. The van der Waals surface area contributed by atoms with Crippen LogP contribution in [0.25, 0.3) is 33.4 Å². The zero-order chi connectivity index (χ0) is 16.3. The van der Waals surface area contributed by atoms with Gasteiger partial charge in [-0.15, -0.1) is 0 Å². The van der Waals surface area contributed by atoms with E-state index in [0.29, 0.717) is 22.9 Å². The van der Waals surface area contributed by atoms with Crippen molar-refractivity contribution in [3.8, 4) is 22.5 Å². The van der Waals surface area contributed by atoms with E-state index in [1.54, 1.807) is 12.1 Å². The second-order valence-corrected chi connectivity index (χ2v) is 6.04. The van der Waals surface area contributed by atoms with Crippen LogP contribution in [0.3, 0.4) is 0 Å². The Bertz CT molecular complexity index is 1080. The van der Waals surface area contributed by atoms with Crippen molar-refractivity contribution in [1.82, 2.24) is 20.0 Å². The molecule has 0 atom stereocenters. The summed E-state index contributed by atoms with van der Waals surface area (Å²) in [6, 6.07) is 10.5. The summed E-state index contributed by atoms with van der Waals surface area (Å²) in [5.41, 5.74) is 4.45. The van der Waals surface area contributed by atoms with Crippen molar-refractivity contribution < 1.29 is 4.39 Å². The van der Waals surface area contributed by atoms with E-state index < -0.39 is 0 Å². The highest BCUT2D eigenvalue weighted by Crippen LogP contribution is 2.40. The van der Waals surface area contributed by atoms with Crippen molar-refractivity contribution >= 4 is 28.2 Å². The Morgan fingerprint density at radius 2 is 2.00 bits per heavy atom. The third-order valence-corrected chi connectivity index (χ3v) is 4.60. The van der Waals surface area contributed by atoms with Crippen LogP contribution < -0.4 is 5.32 Å². The van der Waals surface area contributed by atoms with Gasteiger partial charge in [-0.25, -0.2) is 9.07 Å². The molecule has 5 rings (SSSR count). The van der Waals surface area contributed by atoms with Gasteiger partial charge in [0.05, 0.1) is 21.8 Å². The van der Waals surface area contributed by atoms with Gasteiger partial charge in [-0.3, -0.25) is 5.10 Å². The van der Waals surface area contributed by atoms with Gasteiger partial charge in [0.15, 0.2) is 0 Å². The van der Waals surface area contributed by atoms with Gasteiger partial charge in [-0.2, -0.15) is 10.2 Å². The predicted octanol–water partition coefficient (Wildman–Crippen LogP) is 4.27. The first-order valence-electron chi connectivity index (χ1n) is 7.46. The molecule has 0 unspecified atom stereocenters. The maximum absolute atomic E-state index is 14.4. The highest BCUT2D eigenvalue weighted by molar-refractivity contribution is 6.33. The Kier molecular flexibility index (Phi) is 2.72. The Hall–Kier alpha value is -2.86. The normalized spacial score (nSPS) is 12.8. The lowest BCUT2D eigenvalue weighted by Gasteiger charge is -2.05. The zero-order valence-electron chi connectivity index (χ0n) is 12.3. The molecule has 0 amide bonds. The molecule has 0 spiro atoms. The number of aromatic amines is 1.